The number of ketones is 1. The first-order chi connectivity index (χ1) is 21.1. The molecule has 0 fully saturated rings. The van der Waals surface area contributed by atoms with Crippen LogP contribution in [-0.4, -0.2) is 32.5 Å². The van der Waals surface area contributed by atoms with Gasteiger partial charge in [-0.25, -0.2) is 0 Å². The lowest BCUT2D eigenvalue weighted by Gasteiger charge is -2.33. The summed E-state index contributed by atoms with van der Waals surface area (Å²) in [6.07, 6.45) is 9.82. The second kappa shape index (κ2) is 22.2. The Hall–Kier alpha value is -3.41. The molecule has 0 bridgehead atoms. The van der Waals surface area contributed by atoms with E-state index in [0.29, 0.717) is 24.1 Å². The molecule has 1 aliphatic heterocycles. The summed E-state index contributed by atoms with van der Waals surface area (Å²) in [4.78, 5) is 16.0. The van der Waals surface area contributed by atoms with Crippen molar-refractivity contribution in [2.45, 2.75) is 107 Å². The number of methoxy groups -OCH3 is 1. The van der Waals surface area contributed by atoms with Gasteiger partial charge in [0.15, 0.2) is 5.78 Å². The molecule has 3 N–H and O–H groups in total. The molecule has 1 aliphatic rings. The molecule has 0 amide bonds. The van der Waals surface area contributed by atoms with Gasteiger partial charge in [-0.05, 0) is 66.1 Å². The Bertz CT molecular complexity index is 1220. The second-order valence-corrected chi connectivity index (χ2v) is 10.9. The lowest BCUT2D eigenvalue weighted by atomic mass is 9.81. The van der Waals surface area contributed by atoms with Crippen LogP contribution in [0.15, 0.2) is 48.7 Å². The Kier molecular flexibility index (Phi) is 20.4. The number of anilines is 1. The number of nitrogens with one attached hydrogen (secondary N) is 1. The van der Waals surface area contributed by atoms with E-state index >= 15 is 0 Å². The smallest absolute Gasteiger partial charge is 0.214 e. The number of benzene rings is 2. The first-order valence-electron chi connectivity index (χ1n) is 16.5. The Balaban J connectivity index is 0.00000162. The van der Waals surface area contributed by atoms with Crippen LogP contribution in [0.4, 0.5) is 10.1 Å². The van der Waals surface area contributed by atoms with Gasteiger partial charge in [0.25, 0.3) is 0 Å². The zero-order chi connectivity index (χ0) is 33.8. The Morgan fingerprint density at radius 2 is 1.70 bits per heavy atom. The van der Waals surface area contributed by atoms with Crippen LogP contribution in [0.5, 0.6) is 5.75 Å². The second-order valence-electron chi connectivity index (χ2n) is 10.9. The third kappa shape index (κ3) is 11.6. The number of carbonyl (C=O) groups excluding carboxylic acids is 1. The van der Waals surface area contributed by atoms with Gasteiger partial charge < -0.3 is 15.4 Å². The molecule has 0 saturated heterocycles. The molecule has 0 saturated carbocycles. The van der Waals surface area contributed by atoms with Gasteiger partial charge in [0.2, 0.25) is 5.97 Å². The average molecular weight is 610 g/mol. The van der Waals surface area contributed by atoms with Gasteiger partial charge in [-0.2, -0.15) is 4.39 Å². The third-order valence-corrected chi connectivity index (χ3v) is 7.49. The fourth-order valence-corrected chi connectivity index (χ4v) is 5.06. The molecule has 5 nitrogen and oxygen atoms in total. The lowest BCUT2D eigenvalue weighted by Crippen LogP contribution is -2.37. The van der Waals surface area contributed by atoms with E-state index in [1.165, 1.54) is 25.7 Å². The zero-order valence-electron chi connectivity index (χ0n) is 29.4. The molecule has 0 spiro atoms. The highest BCUT2D eigenvalue weighted by Gasteiger charge is 2.31. The molecule has 2 atom stereocenters. The summed E-state index contributed by atoms with van der Waals surface area (Å²) in [7, 11) is 3.65. The van der Waals surface area contributed by atoms with Gasteiger partial charge in [-0.1, -0.05) is 105 Å². The maximum Gasteiger partial charge on any atom is 0.214 e. The number of nitrogens with two attached hydrogens (primary N) is 1. The SMILES string of the molecule is C/C=C(/C(=O)C1Cc2cc(OC)ccc2N(C)C1)c1ccc(/C(=C/N)C(=N)F)cc1C(C)CC.CC.CCC.CCCCC. The van der Waals surface area contributed by atoms with Crippen molar-refractivity contribution < 1.29 is 13.9 Å². The maximum absolute atomic E-state index is 13.8. The molecule has 44 heavy (non-hydrogen) atoms. The maximum atomic E-state index is 13.8. The van der Waals surface area contributed by atoms with Crippen LogP contribution in [-0.2, 0) is 11.2 Å². The van der Waals surface area contributed by atoms with Crippen LogP contribution in [0.2, 0.25) is 0 Å². The van der Waals surface area contributed by atoms with Gasteiger partial charge >= 0.3 is 0 Å². The number of hydrogen-bond donors (Lipinski definition) is 2. The number of Topliss-reactive ketones (excluding diaryl/α,β-unsaturated/α-hetero) is 1. The quantitative estimate of drug-likeness (QED) is 0.207. The minimum absolute atomic E-state index is 0.0453. The number of fused-ring (bicyclic) bond motifs is 1. The molecule has 2 aromatic carbocycles. The van der Waals surface area contributed by atoms with Crippen LogP contribution in [0, 0.1) is 11.3 Å². The number of rotatable bonds is 10. The number of unbranched alkanes of at least 4 members (excludes halogenated alkanes) is 2. The Morgan fingerprint density at radius 3 is 2.16 bits per heavy atom. The molecule has 6 heteroatoms. The number of hydrogen-bond acceptors (Lipinski definition) is 5. The molecule has 2 aromatic rings. The predicted molar refractivity (Wildman–Crippen MR) is 191 cm³/mol. The minimum atomic E-state index is -1.08. The monoisotopic (exact) mass is 609 g/mol. The van der Waals surface area contributed by atoms with Crippen molar-refractivity contribution in [1.29, 1.82) is 5.41 Å². The van der Waals surface area contributed by atoms with E-state index in [-0.39, 0.29) is 23.2 Å². The Morgan fingerprint density at radius 1 is 1.09 bits per heavy atom. The molecule has 0 aromatic heterocycles. The van der Waals surface area contributed by atoms with E-state index in [2.05, 4.69) is 46.4 Å². The summed E-state index contributed by atoms with van der Waals surface area (Å²) >= 11 is 0. The minimum Gasteiger partial charge on any atom is -0.497 e. The van der Waals surface area contributed by atoms with E-state index in [9.17, 15) is 9.18 Å². The average Bonchev–Trinajstić information content (AvgIpc) is 3.03. The third-order valence-electron chi connectivity index (χ3n) is 7.49. The van der Waals surface area contributed by atoms with Crippen LogP contribution in [0.25, 0.3) is 11.1 Å². The summed E-state index contributed by atoms with van der Waals surface area (Å²) in [5.74, 6) is -0.258. The summed E-state index contributed by atoms with van der Waals surface area (Å²) < 4.78 is 19.1. The van der Waals surface area contributed by atoms with E-state index in [0.717, 1.165) is 40.7 Å². The van der Waals surface area contributed by atoms with Gasteiger partial charge in [0.1, 0.15) is 5.75 Å². The van der Waals surface area contributed by atoms with Gasteiger partial charge in [0, 0.05) is 37.0 Å². The number of carbonyl (C=O) groups is 1. The van der Waals surface area contributed by atoms with Crippen LogP contribution < -0.4 is 15.4 Å². The molecule has 246 valence electrons. The first-order valence-corrected chi connectivity index (χ1v) is 16.5. The molecule has 3 rings (SSSR count). The molecule has 0 radical (unpaired) electrons. The number of nitrogens with zero attached hydrogens (tertiary/aromatic N) is 1. The van der Waals surface area contributed by atoms with Crippen molar-refractivity contribution in [2.24, 2.45) is 11.7 Å². The highest BCUT2D eigenvalue weighted by atomic mass is 19.1. The predicted octanol–water partition coefficient (Wildman–Crippen LogP) is 10.4. The molecule has 0 aliphatic carbocycles. The summed E-state index contributed by atoms with van der Waals surface area (Å²) in [5, 5.41) is 7.40. The van der Waals surface area contributed by atoms with Crippen molar-refractivity contribution in [2.75, 3.05) is 25.6 Å². The fourth-order valence-electron chi connectivity index (χ4n) is 5.06. The molecule has 2 unspecified atom stereocenters. The number of allylic oxidation sites excluding steroid dienone is 3. The molecular weight excluding hydrogens is 549 g/mol. The standard InChI is InChI=1S/C28H34FN3O2.C5H12.C3H8.C2H6/c1-6-17(3)24-14-18(25(15-30)28(29)31)8-10-23(24)22(7-2)27(33)20-12-19-13-21(34-5)9-11-26(19)32(4)16-20;1-3-5-4-2;1-3-2;1-2/h7-11,13-15,17,20,31H,6,12,16,30H2,1-5H3;3-5H2,1-2H3;3H2,1-2H3;1-2H3/b22-7+,25-15-,31-28?;;;. The van der Waals surface area contributed by atoms with Crippen molar-refractivity contribution in [3.05, 3.63) is 70.9 Å². The largest absolute Gasteiger partial charge is 0.497 e. The first kappa shape index (κ1) is 40.6. The molecular formula is C38H60FN3O2. The molecule has 1 heterocycles. The summed E-state index contributed by atoms with van der Waals surface area (Å²) in [6.45, 7) is 19.4. The van der Waals surface area contributed by atoms with Crippen molar-refractivity contribution in [3.63, 3.8) is 0 Å². The summed E-state index contributed by atoms with van der Waals surface area (Å²) in [5.41, 5.74) is 10.9. The van der Waals surface area contributed by atoms with E-state index in [4.69, 9.17) is 15.9 Å². The van der Waals surface area contributed by atoms with Crippen LogP contribution >= 0.6 is 0 Å². The Labute approximate surface area is 268 Å². The van der Waals surface area contributed by atoms with Gasteiger partial charge in [-0.15, -0.1) is 0 Å². The van der Waals surface area contributed by atoms with E-state index in [1.807, 2.05) is 64.2 Å². The van der Waals surface area contributed by atoms with Crippen molar-refractivity contribution in [3.8, 4) is 5.75 Å². The van der Waals surface area contributed by atoms with Crippen LogP contribution in [0.3, 0.4) is 0 Å². The van der Waals surface area contributed by atoms with Gasteiger partial charge in [-0.3, -0.25) is 10.2 Å². The van der Waals surface area contributed by atoms with Crippen molar-refractivity contribution >= 4 is 28.6 Å². The van der Waals surface area contributed by atoms with Crippen molar-refractivity contribution in [1.82, 2.24) is 0 Å². The fraction of sp³-hybridized carbons (Fsp3) is 0.526. The van der Waals surface area contributed by atoms with E-state index in [1.54, 1.807) is 13.2 Å². The van der Waals surface area contributed by atoms with E-state index < -0.39 is 5.97 Å². The number of ether oxygens (including phenoxy) is 1. The van der Waals surface area contributed by atoms with Crippen LogP contribution in [0.1, 0.15) is 123 Å². The normalized spacial score (nSPS) is 14.8. The zero-order valence-corrected chi connectivity index (χ0v) is 29.4. The number of halogens is 1. The topological polar surface area (TPSA) is 79.4 Å². The summed E-state index contributed by atoms with van der Waals surface area (Å²) in [6, 6.07) is 11.4. The highest BCUT2D eigenvalue weighted by molar-refractivity contribution is 6.23. The lowest BCUT2D eigenvalue weighted by molar-refractivity contribution is -0.117. The highest BCUT2D eigenvalue weighted by Crippen LogP contribution is 2.37. The van der Waals surface area contributed by atoms with Gasteiger partial charge in [0.05, 0.1) is 12.7 Å².